The van der Waals surface area contributed by atoms with E-state index in [2.05, 4.69) is 10.6 Å². The summed E-state index contributed by atoms with van der Waals surface area (Å²) in [6, 6.07) is 13.3. The maximum Gasteiger partial charge on any atom is 0.338 e. The van der Waals surface area contributed by atoms with E-state index in [9.17, 15) is 14.4 Å². The van der Waals surface area contributed by atoms with E-state index in [0.717, 1.165) is 5.56 Å². The van der Waals surface area contributed by atoms with Crippen molar-refractivity contribution in [3.05, 3.63) is 65.2 Å². The number of anilines is 1. The minimum atomic E-state index is -0.411. The monoisotopic (exact) mass is 354 g/mol. The van der Waals surface area contributed by atoms with Gasteiger partial charge in [0.1, 0.15) is 0 Å². The van der Waals surface area contributed by atoms with E-state index in [-0.39, 0.29) is 18.7 Å². The molecule has 2 rings (SSSR count). The first kappa shape index (κ1) is 19.2. The van der Waals surface area contributed by atoms with Crippen LogP contribution in [0.15, 0.2) is 48.5 Å². The smallest absolute Gasteiger partial charge is 0.338 e. The molecule has 0 spiro atoms. The summed E-state index contributed by atoms with van der Waals surface area (Å²) in [5.74, 6) is -0.429. The van der Waals surface area contributed by atoms with E-state index in [0.29, 0.717) is 23.4 Å². The minimum Gasteiger partial charge on any atom is -0.462 e. The molecule has 2 aromatic carbocycles. The van der Waals surface area contributed by atoms with Crippen molar-refractivity contribution in [3.8, 4) is 0 Å². The molecule has 2 amide bonds. The van der Waals surface area contributed by atoms with E-state index < -0.39 is 12.0 Å². The Kier molecular flexibility index (Phi) is 6.91. The lowest BCUT2D eigenvalue weighted by Crippen LogP contribution is -2.30. The van der Waals surface area contributed by atoms with Gasteiger partial charge in [-0.3, -0.25) is 4.79 Å². The van der Waals surface area contributed by atoms with Crippen molar-refractivity contribution in [3.63, 3.8) is 0 Å². The number of benzene rings is 2. The predicted octanol–water partition coefficient (Wildman–Crippen LogP) is 3.57. The fourth-order valence-electron chi connectivity index (χ4n) is 2.25. The van der Waals surface area contributed by atoms with Gasteiger partial charge >= 0.3 is 12.0 Å². The Hall–Kier alpha value is -3.15. The number of urea groups is 1. The Morgan fingerprint density at radius 3 is 2.15 bits per heavy atom. The first-order chi connectivity index (χ1) is 12.5. The first-order valence-electron chi connectivity index (χ1n) is 8.41. The van der Waals surface area contributed by atoms with Crippen molar-refractivity contribution in [2.24, 2.45) is 0 Å². The quantitative estimate of drug-likeness (QED) is 0.588. The third kappa shape index (κ3) is 5.73. The van der Waals surface area contributed by atoms with Crippen LogP contribution in [-0.2, 0) is 4.74 Å². The lowest BCUT2D eigenvalue weighted by Gasteiger charge is -2.08. The van der Waals surface area contributed by atoms with E-state index in [1.54, 1.807) is 43.3 Å². The highest BCUT2D eigenvalue weighted by Gasteiger charge is 2.08. The highest BCUT2D eigenvalue weighted by Crippen LogP contribution is 2.10. The Balaban J connectivity index is 1.77. The van der Waals surface area contributed by atoms with Crippen LogP contribution >= 0.6 is 0 Å². The van der Waals surface area contributed by atoms with Crippen LogP contribution in [0.1, 0.15) is 39.6 Å². The van der Waals surface area contributed by atoms with Crippen LogP contribution < -0.4 is 10.6 Å². The van der Waals surface area contributed by atoms with Crippen molar-refractivity contribution in [1.29, 1.82) is 0 Å². The van der Waals surface area contributed by atoms with E-state index >= 15 is 0 Å². The summed E-state index contributed by atoms with van der Waals surface area (Å²) in [4.78, 5) is 35.5. The Morgan fingerprint density at radius 2 is 1.54 bits per heavy atom. The number of ketones is 1. The summed E-state index contributed by atoms with van der Waals surface area (Å²) < 4.78 is 4.90. The summed E-state index contributed by atoms with van der Waals surface area (Å²) in [5, 5.41) is 5.29. The summed E-state index contributed by atoms with van der Waals surface area (Å²) in [6.45, 7) is 4.24. The topological polar surface area (TPSA) is 84.5 Å². The van der Waals surface area contributed by atoms with Gasteiger partial charge in [0, 0.05) is 24.2 Å². The molecule has 0 heterocycles. The van der Waals surface area contributed by atoms with Crippen LogP contribution in [0.3, 0.4) is 0 Å². The van der Waals surface area contributed by atoms with Crippen molar-refractivity contribution >= 4 is 23.5 Å². The number of Topliss-reactive ketones (excluding diaryl/α,β-unsaturated/α-hetero) is 1. The van der Waals surface area contributed by atoms with Gasteiger partial charge < -0.3 is 15.4 Å². The van der Waals surface area contributed by atoms with Crippen LogP contribution in [0.25, 0.3) is 0 Å². The van der Waals surface area contributed by atoms with Gasteiger partial charge in [-0.2, -0.15) is 0 Å². The van der Waals surface area contributed by atoms with Gasteiger partial charge in [0.25, 0.3) is 0 Å². The van der Waals surface area contributed by atoms with E-state index in [1.165, 1.54) is 0 Å². The van der Waals surface area contributed by atoms with Crippen LogP contribution in [0.5, 0.6) is 0 Å². The zero-order valence-corrected chi connectivity index (χ0v) is 14.9. The molecule has 0 saturated carbocycles. The number of nitrogens with one attached hydrogen (secondary N) is 2. The number of ether oxygens (including phenoxy) is 1. The molecule has 0 atom stereocenters. The van der Waals surface area contributed by atoms with Crippen molar-refractivity contribution in [1.82, 2.24) is 5.32 Å². The molecular formula is C20H22N2O4. The number of carbonyl (C=O) groups excluding carboxylic acids is 3. The van der Waals surface area contributed by atoms with Gasteiger partial charge in [0.15, 0.2) is 5.78 Å². The highest BCUT2D eigenvalue weighted by molar-refractivity contribution is 5.97. The fourth-order valence-corrected chi connectivity index (χ4v) is 2.25. The number of esters is 1. The lowest BCUT2D eigenvalue weighted by molar-refractivity contribution is 0.0526. The van der Waals surface area contributed by atoms with Crippen LogP contribution in [0, 0.1) is 6.92 Å². The SMILES string of the molecule is CCOC(=O)c1ccc(NC(=O)NCCC(=O)c2ccc(C)cc2)cc1. The van der Waals surface area contributed by atoms with E-state index in [1.807, 2.05) is 19.1 Å². The molecule has 2 aromatic rings. The zero-order valence-electron chi connectivity index (χ0n) is 14.9. The first-order valence-corrected chi connectivity index (χ1v) is 8.41. The number of aryl methyl sites for hydroxylation is 1. The Bertz CT molecular complexity index is 767. The predicted molar refractivity (Wildman–Crippen MR) is 99.5 cm³/mol. The lowest BCUT2D eigenvalue weighted by atomic mass is 10.1. The Labute approximate surface area is 152 Å². The normalized spacial score (nSPS) is 10.1. The molecule has 6 nitrogen and oxygen atoms in total. The second-order valence-electron chi connectivity index (χ2n) is 5.72. The third-order valence-electron chi connectivity index (χ3n) is 3.67. The van der Waals surface area contributed by atoms with Gasteiger partial charge in [0.2, 0.25) is 0 Å². The van der Waals surface area contributed by atoms with Gasteiger partial charge in [-0.1, -0.05) is 29.8 Å². The van der Waals surface area contributed by atoms with Crippen molar-refractivity contribution < 1.29 is 19.1 Å². The largest absolute Gasteiger partial charge is 0.462 e. The Morgan fingerprint density at radius 1 is 0.923 bits per heavy atom. The molecule has 0 aliphatic carbocycles. The number of rotatable bonds is 7. The van der Waals surface area contributed by atoms with Gasteiger partial charge in [-0.05, 0) is 38.1 Å². The average Bonchev–Trinajstić information content (AvgIpc) is 2.63. The highest BCUT2D eigenvalue weighted by atomic mass is 16.5. The molecule has 0 saturated heterocycles. The molecular weight excluding hydrogens is 332 g/mol. The summed E-state index contributed by atoms with van der Waals surface area (Å²) in [5.41, 5.74) is 2.68. The summed E-state index contributed by atoms with van der Waals surface area (Å²) in [6.07, 6.45) is 0.221. The second-order valence-corrected chi connectivity index (χ2v) is 5.72. The average molecular weight is 354 g/mol. The summed E-state index contributed by atoms with van der Waals surface area (Å²) in [7, 11) is 0. The minimum absolute atomic E-state index is 0.0240. The van der Waals surface area contributed by atoms with Crippen molar-refractivity contribution in [2.75, 3.05) is 18.5 Å². The number of hydrogen-bond acceptors (Lipinski definition) is 4. The molecule has 136 valence electrons. The van der Waals surface area contributed by atoms with Gasteiger partial charge in [0.05, 0.1) is 12.2 Å². The van der Waals surface area contributed by atoms with E-state index in [4.69, 9.17) is 4.74 Å². The molecule has 2 N–H and O–H groups in total. The molecule has 0 aromatic heterocycles. The van der Waals surface area contributed by atoms with Crippen LogP contribution in [0.4, 0.5) is 10.5 Å². The second kappa shape index (κ2) is 9.36. The number of amides is 2. The molecule has 0 aliphatic rings. The zero-order chi connectivity index (χ0) is 18.9. The maximum atomic E-state index is 12.0. The number of carbonyl (C=O) groups is 3. The number of hydrogen-bond donors (Lipinski definition) is 2. The standard InChI is InChI=1S/C20H22N2O4/c1-3-26-19(24)16-8-10-17(11-9-16)22-20(25)21-13-12-18(23)15-6-4-14(2)5-7-15/h4-11H,3,12-13H2,1-2H3,(H2,21,22,25). The molecule has 0 radical (unpaired) electrons. The fraction of sp³-hybridized carbons (Fsp3) is 0.250. The van der Waals surface area contributed by atoms with Crippen LogP contribution in [0.2, 0.25) is 0 Å². The van der Waals surface area contributed by atoms with Gasteiger partial charge in [-0.15, -0.1) is 0 Å². The summed E-state index contributed by atoms with van der Waals surface area (Å²) >= 11 is 0. The molecule has 0 unspecified atom stereocenters. The van der Waals surface area contributed by atoms with Crippen LogP contribution in [-0.4, -0.2) is 30.9 Å². The molecule has 26 heavy (non-hydrogen) atoms. The molecule has 0 aliphatic heterocycles. The molecule has 0 fully saturated rings. The molecule has 6 heteroatoms. The van der Waals surface area contributed by atoms with Crippen molar-refractivity contribution in [2.45, 2.75) is 20.3 Å². The third-order valence-corrected chi connectivity index (χ3v) is 3.67. The molecule has 0 bridgehead atoms. The maximum absolute atomic E-state index is 12.0. The van der Waals surface area contributed by atoms with Gasteiger partial charge in [-0.25, -0.2) is 9.59 Å².